The molecule has 0 saturated carbocycles. The topological polar surface area (TPSA) is 44.1 Å². The zero-order valence-corrected chi connectivity index (χ0v) is 13.4. The first kappa shape index (κ1) is 16.5. The Morgan fingerprint density at radius 2 is 1.78 bits per heavy atom. The Morgan fingerprint density at radius 1 is 1.13 bits per heavy atom. The highest BCUT2D eigenvalue weighted by atomic mass is 16.2. The van der Waals surface area contributed by atoms with Gasteiger partial charge < -0.3 is 4.90 Å². The number of hydrogen-bond acceptors (Lipinski definition) is 2. The molecule has 1 amide bonds. The minimum Gasteiger partial charge on any atom is -0.332 e. The third-order valence-corrected chi connectivity index (χ3v) is 3.56. The lowest BCUT2D eigenvalue weighted by molar-refractivity contribution is -0.128. The Labute approximate surface area is 137 Å². The van der Waals surface area contributed by atoms with Gasteiger partial charge in [0.15, 0.2) is 0 Å². The van der Waals surface area contributed by atoms with E-state index in [9.17, 15) is 4.79 Å². The molecule has 0 atom stereocenters. The highest BCUT2D eigenvalue weighted by molar-refractivity contribution is 5.92. The standard InChI is InChI=1S/C20H20N2O/c1-16(2)22(15-19-6-4-3-5-7-19)20(23)13-12-17-8-10-18(14-21)11-9-17/h3-13,16H,15H2,1-2H3/b13-12+. The molecule has 116 valence electrons. The van der Waals surface area contributed by atoms with Crippen LogP contribution in [0.3, 0.4) is 0 Å². The molecule has 2 rings (SSSR count). The van der Waals surface area contributed by atoms with Crippen molar-refractivity contribution in [3.63, 3.8) is 0 Å². The number of amides is 1. The van der Waals surface area contributed by atoms with Crippen LogP contribution in [0, 0.1) is 11.3 Å². The van der Waals surface area contributed by atoms with Gasteiger partial charge in [-0.05, 0) is 43.2 Å². The number of nitrogens with zero attached hydrogens (tertiary/aromatic N) is 2. The van der Waals surface area contributed by atoms with Crippen LogP contribution < -0.4 is 0 Å². The molecular formula is C20H20N2O. The van der Waals surface area contributed by atoms with Crippen LogP contribution in [-0.4, -0.2) is 16.8 Å². The summed E-state index contributed by atoms with van der Waals surface area (Å²) >= 11 is 0. The van der Waals surface area contributed by atoms with Gasteiger partial charge in [-0.2, -0.15) is 5.26 Å². The van der Waals surface area contributed by atoms with Crippen LogP contribution in [0.1, 0.15) is 30.5 Å². The van der Waals surface area contributed by atoms with E-state index in [-0.39, 0.29) is 11.9 Å². The van der Waals surface area contributed by atoms with Gasteiger partial charge >= 0.3 is 0 Å². The number of carbonyl (C=O) groups is 1. The maximum atomic E-state index is 12.5. The van der Waals surface area contributed by atoms with Gasteiger partial charge in [-0.1, -0.05) is 42.5 Å². The molecule has 3 heteroatoms. The first-order chi connectivity index (χ1) is 11.1. The van der Waals surface area contributed by atoms with Crippen molar-refractivity contribution >= 4 is 12.0 Å². The Kier molecular flexibility index (Phi) is 5.71. The zero-order chi connectivity index (χ0) is 16.7. The molecule has 0 aromatic heterocycles. The normalized spacial score (nSPS) is 10.7. The van der Waals surface area contributed by atoms with Crippen molar-refractivity contribution in [1.82, 2.24) is 4.90 Å². The van der Waals surface area contributed by atoms with Crippen molar-refractivity contribution < 1.29 is 4.79 Å². The summed E-state index contributed by atoms with van der Waals surface area (Å²) in [6, 6.07) is 19.3. The van der Waals surface area contributed by atoms with Gasteiger partial charge in [-0.3, -0.25) is 4.79 Å². The van der Waals surface area contributed by atoms with Gasteiger partial charge in [0.25, 0.3) is 0 Å². The van der Waals surface area contributed by atoms with E-state index in [1.165, 1.54) is 0 Å². The monoisotopic (exact) mass is 304 g/mol. The second kappa shape index (κ2) is 7.95. The fourth-order valence-electron chi connectivity index (χ4n) is 2.23. The van der Waals surface area contributed by atoms with E-state index in [0.717, 1.165) is 11.1 Å². The first-order valence-corrected chi connectivity index (χ1v) is 7.63. The zero-order valence-electron chi connectivity index (χ0n) is 13.4. The van der Waals surface area contributed by atoms with Crippen molar-refractivity contribution in [2.75, 3.05) is 0 Å². The lowest BCUT2D eigenvalue weighted by Gasteiger charge is -2.25. The van der Waals surface area contributed by atoms with Gasteiger partial charge in [0.05, 0.1) is 11.6 Å². The number of nitriles is 1. The van der Waals surface area contributed by atoms with E-state index in [2.05, 4.69) is 6.07 Å². The largest absolute Gasteiger partial charge is 0.332 e. The van der Waals surface area contributed by atoms with Crippen LogP contribution in [0.5, 0.6) is 0 Å². The average Bonchev–Trinajstić information content (AvgIpc) is 2.58. The molecule has 0 heterocycles. The molecular weight excluding hydrogens is 284 g/mol. The molecule has 0 radical (unpaired) electrons. The summed E-state index contributed by atoms with van der Waals surface area (Å²) in [5.74, 6) is -0.0202. The lowest BCUT2D eigenvalue weighted by Crippen LogP contribution is -2.35. The maximum Gasteiger partial charge on any atom is 0.247 e. The molecule has 0 spiro atoms. The SMILES string of the molecule is CC(C)N(Cc1ccccc1)C(=O)/C=C/c1ccc(C#N)cc1. The van der Waals surface area contributed by atoms with Crippen LogP contribution in [0.2, 0.25) is 0 Å². The summed E-state index contributed by atoms with van der Waals surface area (Å²) < 4.78 is 0. The van der Waals surface area contributed by atoms with Crippen molar-refractivity contribution in [2.45, 2.75) is 26.4 Å². The third-order valence-electron chi connectivity index (χ3n) is 3.56. The predicted molar refractivity (Wildman–Crippen MR) is 92.3 cm³/mol. The minimum absolute atomic E-state index is 0.0202. The molecule has 0 bridgehead atoms. The van der Waals surface area contributed by atoms with Crippen molar-refractivity contribution in [1.29, 1.82) is 5.26 Å². The van der Waals surface area contributed by atoms with E-state index in [1.807, 2.05) is 61.2 Å². The summed E-state index contributed by atoms with van der Waals surface area (Å²) in [6.45, 7) is 4.61. The van der Waals surface area contributed by atoms with E-state index in [0.29, 0.717) is 12.1 Å². The molecule has 23 heavy (non-hydrogen) atoms. The fraction of sp³-hybridized carbons (Fsp3) is 0.200. The molecule has 0 saturated heterocycles. The van der Waals surface area contributed by atoms with Gasteiger partial charge in [-0.25, -0.2) is 0 Å². The van der Waals surface area contributed by atoms with Crippen LogP contribution in [0.15, 0.2) is 60.7 Å². The third kappa shape index (κ3) is 4.82. The highest BCUT2D eigenvalue weighted by Crippen LogP contribution is 2.11. The van der Waals surface area contributed by atoms with Gasteiger partial charge in [0.1, 0.15) is 0 Å². The van der Waals surface area contributed by atoms with Crippen molar-refractivity contribution in [3.05, 3.63) is 77.4 Å². The van der Waals surface area contributed by atoms with Crippen LogP contribution in [-0.2, 0) is 11.3 Å². The number of rotatable bonds is 5. The smallest absolute Gasteiger partial charge is 0.247 e. The second-order valence-corrected chi connectivity index (χ2v) is 5.61. The molecule has 2 aromatic rings. The molecule has 0 unspecified atom stereocenters. The van der Waals surface area contributed by atoms with Gasteiger partial charge in [0, 0.05) is 18.7 Å². The Morgan fingerprint density at radius 3 is 2.35 bits per heavy atom. The molecule has 2 aromatic carbocycles. The molecule has 0 aliphatic heterocycles. The van der Waals surface area contributed by atoms with E-state index < -0.39 is 0 Å². The summed E-state index contributed by atoms with van der Waals surface area (Å²) in [4.78, 5) is 14.3. The number of hydrogen-bond donors (Lipinski definition) is 0. The Hall–Kier alpha value is -2.86. The maximum absolute atomic E-state index is 12.5. The summed E-state index contributed by atoms with van der Waals surface area (Å²) in [6.07, 6.45) is 3.37. The summed E-state index contributed by atoms with van der Waals surface area (Å²) in [5.41, 5.74) is 2.63. The van der Waals surface area contributed by atoms with E-state index >= 15 is 0 Å². The Bertz CT molecular complexity index is 710. The van der Waals surface area contributed by atoms with Crippen LogP contribution in [0.4, 0.5) is 0 Å². The molecule has 0 aliphatic carbocycles. The second-order valence-electron chi connectivity index (χ2n) is 5.61. The summed E-state index contributed by atoms with van der Waals surface area (Å²) in [7, 11) is 0. The van der Waals surface area contributed by atoms with Gasteiger partial charge in [-0.15, -0.1) is 0 Å². The van der Waals surface area contributed by atoms with E-state index in [1.54, 1.807) is 24.3 Å². The van der Waals surface area contributed by atoms with Crippen LogP contribution in [0.25, 0.3) is 6.08 Å². The van der Waals surface area contributed by atoms with E-state index in [4.69, 9.17) is 5.26 Å². The van der Waals surface area contributed by atoms with Gasteiger partial charge in [0.2, 0.25) is 5.91 Å². The lowest BCUT2D eigenvalue weighted by atomic mass is 10.1. The number of benzene rings is 2. The molecule has 0 aliphatic rings. The van der Waals surface area contributed by atoms with Crippen molar-refractivity contribution in [3.8, 4) is 6.07 Å². The molecule has 3 nitrogen and oxygen atoms in total. The average molecular weight is 304 g/mol. The molecule has 0 fully saturated rings. The molecule has 0 N–H and O–H groups in total. The van der Waals surface area contributed by atoms with Crippen molar-refractivity contribution in [2.24, 2.45) is 0 Å². The Balaban J connectivity index is 2.08. The first-order valence-electron chi connectivity index (χ1n) is 7.63. The fourth-order valence-corrected chi connectivity index (χ4v) is 2.23. The summed E-state index contributed by atoms with van der Waals surface area (Å²) in [5, 5.41) is 8.79. The minimum atomic E-state index is -0.0202. The number of carbonyl (C=O) groups excluding carboxylic acids is 1. The van der Waals surface area contributed by atoms with Crippen LogP contribution >= 0.6 is 0 Å². The quantitative estimate of drug-likeness (QED) is 0.783. The predicted octanol–water partition coefficient (Wildman–Crippen LogP) is 4.01. The highest BCUT2D eigenvalue weighted by Gasteiger charge is 2.14.